The van der Waals surface area contributed by atoms with Gasteiger partial charge >= 0.3 is 0 Å². The fraction of sp³-hybridized carbons (Fsp3) is 0.250. The van der Waals surface area contributed by atoms with Crippen LogP contribution in [-0.2, 0) is 11.2 Å². The second kappa shape index (κ2) is 6.74. The van der Waals surface area contributed by atoms with E-state index in [4.69, 9.17) is 10.5 Å². The summed E-state index contributed by atoms with van der Waals surface area (Å²) in [6.45, 7) is 3.82. The van der Waals surface area contributed by atoms with Crippen LogP contribution in [0.15, 0.2) is 42.6 Å². The smallest absolute Gasteiger partial charge is 0.238 e. The van der Waals surface area contributed by atoms with Gasteiger partial charge in [-0.3, -0.25) is 4.79 Å². The lowest BCUT2D eigenvalue weighted by Gasteiger charge is -2.13. The summed E-state index contributed by atoms with van der Waals surface area (Å²) < 4.78 is 5.57. The van der Waals surface area contributed by atoms with Gasteiger partial charge in [-0.15, -0.1) is 0 Å². The number of carbonyl (C=O) groups is 1. The van der Waals surface area contributed by atoms with E-state index in [9.17, 15) is 4.79 Å². The van der Waals surface area contributed by atoms with Crippen molar-refractivity contribution in [3.05, 3.63) is 48.2 Å². The van der Waals surface area contributed by atoms with Crippen molar-refractivity contribution in [2.45, 2.75) is 26.4 Å². The number of hydrogen-bond donors (Lipinski definition) is 2. The highest BCUT2D eigenvalue weighted by molar-refractivity contribution is 5.93. The van der Waals surface area contributed by atoms with E-state index < -0.39 is 0 Å². The molecule has 3 N–H and O–H groups in total. The molecule has 0 aliphatic heterocycles. The van der Waals surface area contributed by atoms with Crippen LogP contribution in [-0.4, -0.2) is 17.0 Å². The zero-order chi connectivity index (χ0) is 15.2. The van der Waals surface area contributed by atoms with Gasteiger partial charge in [0.1, 0.15) is 5.69 Å². The number of pyridine rings is 1. The lowest BCUT2D eigenvalue weighted by molar-refractivity contribution is -0.115. The topological polar surface area (TPSA) is 77.2 Å². The van der Waals surface area contributed by atoms with Crippen LogP contribution in [0.4, 0.5) is 11.4 Å². The number of nitrogen functional groups attached to an aromatic ring is 1. The van der Waals surface area contributed by atoms with Crippen LogP contribution in [0.25, 0.3) is 0 Å². The largest absolute Gasteiger partial charge is 0.473 e. The number of nitrogens with zero attached hydrogens (tertiary/aromatic N) is 1. The summed E-state index contributed by atoms with van der Waals surface area (Å²) in [4.78, 5) is 16.2. The van der Waals surface area contributed by atoms with Crippen molar-refractivity contribution in [2.75, 3.05) is 11.1 Å². The highest BCUT2D eigenvalue weighted by Gasteiger charge is 2.10. The van der Waals surface area contributed by atoms with E-state index in [2.05, 4.69) is 10.3 Å². The molecule has 0 spiro atoms. The van der Waals surface area contributed by atoms with Gasteiger partial charge in [-0.2, -0.15) is 0 Å². The zero-order valence-electron chi connectivity index (χ0n) is 12.2. The highest BCUT2D eigenvalue weighted by Crippen LogP contribution is 2.22. The molecule has 2 aromatic rings. The Morgan fingerprint density at radius 2 is 2.14 bits per heavy atom. The maximum atomic E-state index is 12.1. The van der Waals surface area contributed by atoms with Crippen molar-refractivity contribution in [2.24, 2.45) is 0 Å². The number of benzene rings is 1. The van der Waals surface area contributed by atoms with Gasteiger partial charge in [-0.25, -0.2) is 4.98 Å². The number of rotatable bonds is 5. The minimum absolute atomic E-state index is 0.00975. The SMILES string of the molecule is CC(C)Oc1ncccc1NC(=O)Cc1cccc(N)c1. The van der Waals surface area contributed by atoms with Crippen LogP contribution in [0.5, 0.6) is 5.88 Å². The zero-order valence-corrected chi connectivity index (χ0v) is 12.2. The second-order valence-corrected chi connectivity index (χ2v) is 4.99. The molecule has 1 amide bonds. The van der Waals surface area contributed by atoms with Gasteiger partial charge < -0.3 is 15.8 Å². The van der Waals surface area contributed by atoms with Gasteiger partial charge in [-0.05, 0) is 43.7 Å². The number of nitrogens with one attached hydrogen (secondary N) is 1. The molecule has 0 bridgehead atoms. The minimum atomic E-state index is -0.137. The Bertz CT molecular complexity index is 626. The Morgan fingerprint density at radius 3 is 2.86 bits per heavy atom. The van der Waals surface area contributed by atoms with E-state index in [1.165, 1.54) is 0 Å². The lowest BCUT2D eigenvalue weighted by Crippen LogP contribution is -2.17. The normalized spacial score (nSPS) is 10.4. The van der Waals surface area contributed by atoms with E-state index in [-0.39, 0.29) is 18.4 Å². The lowest BCUT2D eigenvalue weighted by atomic mass is 10.1. The molecule has 0 saturated carbocycles. The predicted octanol–water partition coefficient (Wildman–Crippen LogP) is 2.63. The molecular weight excluding hydrogens is 266 g/mol. The summed E-state index contributed by atoms with van der Waals surface area (Å²) in [7, 11) is 0. The van der Waals surface area contributed by atoms with Gasteiger partial charge in [0.05, 0.1) is 12.5 Å². The van der Waals surface area contributed by atoms with Crippen LogP contribution in [0.1, 0.15) is 19.4 Å². The molecule has 0 radical (unpaired) electrons. The van der Waals surface area contributed by atoms with Crippen molar-refractivity contribution < 1.29 is 9.53 Å². The third kappa shape index (κ3) is 4.49. The predicted molar refractivity (Wildman–Crippen MR) is 83.2 cm³/mol. The standard InChI is InChI=1S/C16H19N3O2/c1-11(2)21-16-14(7-4-8-18-16)19-15(20)10-12-5-3-6-13(17)9-12/h3-9,11H,10,17H2,1-2H3,(H,19,20). The number of nitrogens with two attached hydrogens (primary N) is 1. The van der Waals surface area contributed by atoms with Gasteiger partial charge in [0.25, 0.3) is 0 Å². The van der Waals surface area contributed by atoms with E-state index >= 15 is 0 Å². The summed E-state index contributed by atoms with van der Waals surface area (Å²) in [5, 5.41) is 2.82. The third-order valence-electron chi connectivity index (χ3n) is 2.71. The Labute approximate surface area is 124 Å². The Morgan fingerprint density at radius 1 is 1.33 bits per heavy atom. The molecule has 2 rings (SSSR count). The average molecular weight is 285 g/mol. The fourth-order valence-corrected chi connectivity index (χ4v) is 1.89. The molecule has 0 fully saturated rings. The van der Waals surface area contributed by atoms with Crippen molar-refractivity contribution >= 4 is 17.3 Å². The number of carbonyl (C=O) groups excluding carboxylic acids is 1. The molecule has 1 aromatic heterocycles. The summed E-state index contributed by atoms with van der Waals surface area (Å²) in [6, 6.07) is 10.8. The van der Waals surface area contributed by atoms with Crippen molar-refractivity contribution in [1.29, 1.82) is 0 Å². The summed E-state index contributed by atoms with van der Waals surface area (Å²) in [5.74, 6) is 0.288. The first-order valence-electron chi connectivity index (χ1n) is 6.80. The van der Waals surface area contributed by atoms with Crippen LogP contribution >= 0.6 is 0 Å². The van der Waals surface area contributed by atoms with Crippen molar-refractivity contribution in [3.63, 3.8) is 0 Å². The molecule has 0 unspecified atom stereocenters. The third-order valence-corrected chi connectivity index (χ3v) is 2.71. The van der Waals surface area contributed by atoms with E-state index in [1.807, 2.05) is 26.0 Å². The fourth-order valence-electron chi connectivity index (χ4n) is 1.89. The molecule has 5 nitrogen and oxygen atoms in total. The number of hydrogen-bond acceptors (Lipinski definition) is 4. The molecule has 1 heterocycles. The maximum Gasteiger partial charge on any atom is 0.238 e. The van der Waals surface area contributed by atoms with Crippen LogP contribution in [0.3, 0.4) is 0 Å². The Hall–Kier alpha value is -2.56. The second-order valence-electron chi connectivity index (χ2n) is 4.99. The van der Waals surface area contributed by atoms with Crippen molar-refractivity contribution in [1.82, 2.24) is 4.98 Å². The average Bonchev–Trinajstić information content (AvgIpc) is 2.40. The number of aromatic nitrogens is 1. The minimum Gasteiger partial charge on any atom is -0.473 e. The number of amides is 1. The van der Waals surface area contributed by atoms with E-state index in [0.29, 0.717) is 17.3 Å². The van der Waals surface area contributed by atoms with Crippen LogP contribution in [0.2, 0.25) is 0 Å². The molecule has 0 aliphatic rings. The first-order chi connectivity index (χ1) is 10.0. The first kappa shape index (κ1) is 14.8. The number of ether oxygens (including phenoxy) is 1. The van der Waals surface area contributed by atoms with Crippen molar-refractivity contribution in [3.8, 4) is 5.88 Å². The first-order valence-corrected chi connectivity index (χ1v) is 6.80. The molecule has 0 saturated heterocycles. The summed E-state index contributed by atoms with van der Waals surface area (Å²) in [5.41, 5.74) is 7.78. The molecule has 0 atom stereocenters. The van der Waals surface area contributed by atoms with Crippen LogP contribution < -0.4 is 15.8 Å². The number of anilines is 2. The molecule has 0 aliphatic carbocycles. The summed E-state index contributed by atoms with van der Waals surface area (Å²) in [6.07, 6.45) is 1.87. The van der Waals surface area contributed by atoms with E-state index in [0.717, 1.165) is 5.56 Å². The molecule has 110 valence electrons. The maximum absolute atomic E-state index is 12.1. The van der Waals surface area contributed by atoms with E-state index in [1.54, 1.807) is 30.5 Å². The Kier molecular flexibility index (Phi) is 4.77. The van der Waals surface area contributed by atoms with Gasteiger partial charge in [-0.1, -0.05) is 12.1 Å². The Balaban J connectivity index is 2.06. The van der Waals surface area contributed by atoms with Gasteiger partial charge in [0.2, 0.25) is 11.8 Å². The quantitative estimate of drug-likeness (QED) is 0.828. The van der Waals surface area contributed by atoms with Crippen LogP contribution in [0, 0.1) is 0 Å². The molecule has 1 aromatic carbocycles. The molecule has 21 heavy (non-hydrogen) atoms. The monoisotopic (exact) mass is 285 g/mol. The molecule has 5 heteroatoms. The van der Waals surface area contributed by atoms with Gasteiger partial charge in [0.15, 0.2) is 0 Å². The van der Waals surface area contributed by atoms with Gasteiger partial charge in [0, 0.05) is 11.9 Å². The highest BCUT2D eigenvalue weighted by atomic mass is 16.5. The summed E-state index contributed by atoms with van der Waals surface area (Å²) >= 11 is 0. The molecular formula is C16H19N3O2.